The number of carbonyl (C=O) groups excluding carboxylic acids is 1. The van der Waals surface area contributed by atoms with Crippen LogP contribution in [-0.4, -0.2) is 54.2 Å². The molecule has 0 N–H and O–H groups in total. The van der Waals surface area contributed by atoms with E-state index in [1.807, 2.05) is 0 Å². The molecule has 0 heterocycles. The fourth-order valence-corrected chi connectivity index (χ4v) is 2.29. The van der Waals surface area contributed by atoms with Crippen molar-refractivity contribution in [1.29, 1.82) is 0 Å². The lowest BCUT2D eigenvalue weighted by atomic mass is 10.2. The van der Waals surface area contributed by atoms with Crippen molar-refractivity contribution >= 4 is 14.6 Å². The van der Waals surface area contributed by atoms with Gasteiger partial charge in [-0.3, -0.25) is 4.79 Å². The number of benzene rings is 1. The van der Waals surface area contributed by atoms with Crippen LogP contribution in [0, 0.1) is 0 Å². The van der Waals surface area contributed by atoms with Crippen molar-refractivity contribution in [2.75, 3.05) is 39.6 Å². The van der Waals surface area contributed by atoms with Crippen LogP contribution in [-0.2, 0) is 13.9 Å². The summed E-state index contributed by atoms with van der Waals surface area (Å²) >= 11 is 0. The maximum atomic E-state index is 10.5. The summed E-state index contributed by atoms with van der Waals surface area (Å²) in [6, 6.07) is 6.98. The van der Waals surface area contributed by atoms with E-state index in [4.69, 9.17) is 18.6 Å². The lowest BCUT2D eigenvalue weighted by molar-refractivity contribution is 0.0266. The Morgan fingerprint density at radius 1 is 0.864 bits per heavy atom. The first-order valence-corrected chi connectivity index (χ1v) is 10.9. The SMILES string of the molecule is C[Si](C)(C)OCCOCCOCCOc1ccc(C=O)cc1. The van der Waals surface area contributed by atoms with E-state index in [0.717, 1.165) is 12.0 Å². The van der Waals surface area contributed by atoms with Gasteiger partial charge >= 0.3 is 0 Å². The molecule has 0 amide bonds. The number of hydrogen-bond acceptors (Lipinski definition) is 5. The molecule has 22 heavy (non-hydrogen) atoms. The second-order valence-electron chi connectivity index (χ2n) is 5.72. The molecule has 0 fully saturated rings. The van der Waals surface area contributed by atoms with Crippen molar-refractivity contribution < 1.29 is 23.4 Å². The number of hydrogen-bond donors (Lipinski definition) is 0. The molecule has 0 aliphatic rings. The Hall–Kier alpha value is -1.21. The average molecular weight is 326 g/mol. The summed E-state index contributed by atoms with van der Waals surface area (Å²) < 4.78 is 22.0. The van der Waals surface area contributed by atoms with E-state index in [1.165, 1.54) is 0 Å². The third kappa shape index (κ3) is 9.67. The first kappa shape index (κ1) is 18.8. The monoisotopic (exact) mass is 326 g/mol. The predicted molar refractivity (Wildman–Crippen MR) is 88.3 cm³/mol. The Kier molecular flexibility index (Phi) is 8.99. The number of aldehydes is 1. The van der Waals surface area contributed by atoms with Crippen molar-refractivity contribution in [2.45, 2.75) is 19.6 Å². The van der Waals surface area contributed by atoms with Gasteiger partial charge in [0.05, 0.1) is 33.0 Å². The van der Waals surface area contributed by atoms with Crippen LogP contribution in [0.4, 0.5) is 0 Å². The maximum absolute atomic E-state index is 10.5. The summed E-state index contributed by atoms with van der Waals surface area (Å²) in [5, 5.41) is 0. The number of ether oxygens (including phenoxy) is 3. The van der Waals surface area contributed by atoms with Gasteiger partial charge < -0.3 is 18.6 Å². The highest BCUT2D eigenvalue weighted by Crippen LogP contribution is 2.10. The molecule has 0 aliphatic carbocycles. The highest BCUT2D eigenvalue weighted by Gasteiger charge is 2.12. The van der Waals surface area contributed by atoms with Gasteiger partial charge in [-0.25, -0.2) is 0 Å². The Labute approximate surface area is 133 Å². The van der Waals surface area contributed by atoms with Crippen molar-refractivity contribution in [3.63, 3.8) is 0 Å². The largest absolute Gasteiger partial charge is 0.491 e. The van der Waals surface area contributed by atoms with E-state index in [0.29, 0.717) is 45.2 Å². The standard InChI is InChI=1S/C16H26O5Si/c1-22(2,3)21-13-11-19-9-8-18-10-12-20-16-6-4-15(14-17)5-7-16/h4-7,14H,8-13H2,1-3H3. The molecule has 124 valence electrons. The van der Waals surface area contributed by atoms with E-state index in [1.54, 1.807) is 24.3 Å². The predicted octanol–water partition coefficient (Wildman–Crippen LogP) is 2.76. The Balaban J connectivity index is 1.92. The first-order chi connectivity index (χ1) is 10.5. The van der Waals surface area contributed by atoms with Crippen molar-refractivity contribution in [2.24, 2.45) is 0 Å². The minimum atomic E-state index is -1.43. The van der Waals surface area contributed by atoms with Gasteiger partial charge in [0.1, 0.15) is 18.6 Å². The molecule has 5 nitrogen and oxygen atoms in total. The molecular weight excluding hydrogens is 300 g/mol. The summed E-state index contributed by atoms with van der Waals surface area (Å²) in [6.07, 6.45) is 0.807. The molecule has 0 aliphatic heterocycles. The lowest BCUT2D eigenvalue weighted by Crippen LogP contribution is -2.27. The Morgan fingerprint density at radius 3 is 1.95 bits per heavy atom. The molecule has 1 aromatic carbocycles. The van der Waals surface area contributed by atoms with Crippen LogP contribution in [0.2, 0.25) is 19.6 Å². The quantitative estimate of drug-likeness (QED) is 0.336. The lowest BCUT2D eigenvalue weighted by Gasteiger charge is -2.16. The molecule has 0 aromatic heterocycles. The van der Waals surface area contributed by atoms with Gasteiger partial charge in [0, 0.05) is 5.56 Å². The van der Waals surface area contributed by atoms with Crippen LogP contribution in [0.5, 0.6) is 5.75 Å². The normalized spacial score (nSPS) is 11.4. The van der Waals surface area contributed by atoms with E-state index in [9.17, 15) is 4.79 Å². The molecule has 0 radical (unpaired) electrons. The maximum Gasteiger partial charge on any atom is 0.183 e. The molecular formula is C16H26O5Si. The number of carbonyl (C=O) groups is 1. The number of rotatable bonds is 12. The van der Waals surface area contributed by atoms with Crippen LogP contribution in [0.1, 0.15) is 10.4 Å². The van der Waals surface area contributed by atoms with Gasteiger partial charge in [-0.2, -0.15) is 0 Å². The van der Waals surface area contributed by atoms with Crippen molar-refractivity contribution in [3.8, 4) is 5.75 Å². The minimum Gasteiger partial charge on any atom is -0.491 e. The molecule has 1 rings (SSSR count). The second kappa shape index (κ2) is 10.5. The van der Waals surface area contributed by atoms with Gasteiger partial charge in [0.25, 0.3) is 0 Å². The van der Waals surface area contributed by atoms with E-state index >= 15 is 0 Å². The Morgan fingerprint density at radius 2 is 1.41 bits per heavy atom. The summed E-state index contributed by atoms with van der Waals surface area (Å²) in [7, 11) is -1.43. The minimum absolute atomic E-state index is 0.471. The molecule has 0 atom stereocenters. The van der Waals surface area contributed by atoms with Crippen LogP contribution in [0.3, 0.4) is 0 Å². The summed E-state index contributed by atoms with van der Waals surface area (Å²) in [6.45, 7) is 9.80. The summed E-state index contributed by atoms with van der Waals surface area (Å²) in [4.78, 5) is 10.5. The van der Waals surface area contributed by atoms with Gasteiger partial charge in [-0.15, -0.1) is 0 Å². The zero-order valence-electron chi connectivity index (χ0n) is 13.7. The van der Waals surface area contributed by atoms with Crippen LogP contribution in [0.15, 0.2) is 24.3 Å². The van der Waals surface area contributed by atoms with Gasteiger partial charge in [0.15, 0.2) is 8.32 Å². The fourth-order valence-electron chi connectivity index (χ4n) is 1.59. The smallest absolute Gasteiger partial charge is 0.183 e. The van der Waals surface area contributed by atoms with E-state index in [-0.39, 0.29) is 0 Å². The molecule has 0 bridgehead atoms. The molecule has 1 aromatic rings. The van der Waals surface area contributed by atoms with Gasteiger partial charge in [-0.05, 0) is 43.9 Å². The van der Waals surface area contributed by atoms with Gasteiger partial charge in [-0.1, -0.05) is 0 Å². The van der Waals surface area contributed by atoms with Crippen molar-refractivity contribution in [3.05, 3.63) is 29.8 Å². The fraction of sp³-hybridized carbons (Fsp3) is 0.562. The summed E-state index contributed by atoms with van der Waals surface area (Å²) in [5.41, 5.74) is 0.638. The van der Waals surface area contributed by atoms with E-state index in [2.05, 4.69) is 19.6 Å². The third-order valence-electron chi connectivity index (χ3n) is 2.65. The van der Waals surface area contributed by atoms with Crippen LogP contribution in [0.25, 0.3) is 0 Å². The second-order valence-corrected chi connectivity index (χ2v) is 10.2. The highest BCUT2D eigenvalue weighted by atomic mass is 28.4. The average Bonchev–Trinajstić information content (AvgIpc) is 2.48. The van der Waals surface area contributed by atoms with Crippen LogP contribution < -0.4 is 4.74 Å². The highest BCUT2D eigenvalue weighted by molar-refractivity contribution is 6.69. The van der Waals surface area contributed by atoms with E-state index < -0.39 is 8.32 Å². The first-order valence-electron chi connectivity index (χ1n) is 7.49. The zero-order chi connectivity index (χ0) is 16.3. The molecule has 0 spiro atoms. The third-order valence-corrected chi connectivity index (χ3v) is 3.72. The summed E-state index contributed by atoms with van der Waals surface area (Å²) in [5.74, 6) is 0.731. The molecule has 0 unspecified atom stereocenters. The van der Waals surface area contributed by atoms with Crippen LogP contribution >= 0.6 is 0 Å². The molecule has 6 heteroatoms. The Bertz CT molecular complexity index is 414. The molecule has 0 saturated heterocycles. The zero-order valence-corrected chi connectivity index (χ0v) is 14.7. The van der Waals surface area contributed by atoms with Crippen molar-refractivity contribution in [1.82, 2.24) is 0 Å². The van der Waals surface area contributed by atoms with Gasteiger partial charge in [0.2, 0.25) is 0 Å². The molecule has 0 saturated carbocycles. The topological polar surface area (TPSA) is 54.0 Å².